The molecule has 0 atom stereocenters. The summed E-state index contributed by atoms with van der Waals surface area (Å²) in [6.45, 7) is 3.56. The normalized spacial score (nSPS) is 10.6. The summed E-state index contributed by atoms with van der Waals surface area (Å²) in [7, 11) is 3.98. The highest BCUT2D eigenvalue weighted by Crippen LogP contribution is 2.12. The Morgan fingerprint density at radius 2 is 1.69 bits per heavy atom. The molecule has 2 aromatic rings. The Morgan fingerprint density at radius 1 is 1.04 bits per heavy atom. The number of benzene rings is 1. The van der Waals surface area contributed by atoms with Crippen LogP contribution < -0.4 is 10.6 Å². The van der Waals surface area contributed by atoms with E-state index >= 15 is 0 Å². The second-order valence-corrected chi connectivity index (χ2v) is 6.38. The first-order valence-electron chi connectivity index (χ1n) is 8.78. The average molecular weight is 354 g/mol. The molecule has 1 aromatic carbocycles. The molecule has 0 aliphatic rings. The summed E-state index contributed by atoms with van der Waals surface area (Å²) in [6.07, 6.45) is 4.73. The van der Waals surface area contributed by atoms with Crippen LogP contribution >= 0.6 is 0 Å². The van der Waals surface area contributed by atoms with Gasteiger partial charge in [-0.3, -0.25) is 14.6 Å². The molecule has 2 rings (SSSR count). The molecule has 0 unspecified atom stereocenters. The Hall–Kier alpha value is -2.73. The van der Waals surface area contributed by atoms with Crippen molar-refractivity contribution in [2.75, 3.05) is 32.5 Å². The predicted octanol–water partition coefficient (Wildman–Crippen LogP) is 2.58. The molecule has 0 radical (unpaired) electrons. The first-order valence-corrected chi connectivity index (χ1v) is 8.78. The van der Waals surface area contributed by atoms with Crippen molar-refractivity contribution in [1.29, 1.82) is 0 Å². The zero-order valence-corrected chi connectivity index (χ0v) is 15.6. The summed E-state index contributed by atoms with van der Waals surface area (Å²) in [5.41, 5.74) is 2.65. The molecule has 0 fully saturated rings. The van der Waals surface area contributed by atoms with E-state index in [1.807, 2.05) is 38.4 Å². The number of aryl methyl sites for hydroxylation is 1. The second-order valence-electron chi connectivity index (χ2n) is 6.38. The maximum Gasteiger partial charge on any atom is 0.257 e. The monoisotopic (exact) mass is 354 g/mol. The van der Waals surface area contributed by atoms with Gasteiger partial charge in [-0.05, 0) is 57.2 Å². The van der Waals surface area contributed by atoms with Crippen molar-refractivity contribution in [1.82, 2.24) is 15.2 Å². The van der Waals surface area contributed by atoms with E-state index in [0.717, 1.165) is 19.4 Å². The quantitative estimate of drug-likeness (QED) is 0.715. The number of hydrogen-bond acceptors (Lipinski definition) is 4. The van der Waals surface area contributed by atoms with E-state index in [2.05, 4.69) is 27.4 Å². The maximum absolute atomic E-state index is 12.4. The fourth-order valence-electron chi connectivity index (χ4n) is 2.41. The minimum absolute atomic E-state index is 0.224. The molecule has 0 saturated carbocycles. The number of aromatic nitrogens is 1. The van der Waals surface area contributed by atoms with E-state index in [-0.39, 0.29) is 11.8 Å². The second kappa shape index (κ2) is 9.68. The number of nitrogens with zero attached hydrogens (tertiary/aromatic N) is 2. The summed E-state index contributed by atoms with van der Waals surface area (Å²) in [5, 5.41) is 5.67. The average Bonchev–Trinajstić information content (AvgIpc) is 2.65. The number of anilines is 1. The lowest BCUT2D eigenvalue weighted by Gasteiger charge is -2.10. The van der Waals surface area contributed by atoms with Gasteiger partial charge in [-0.25, -0.2) is 0 Å². The van der Waals surface area contributed by atoms with E-state index in [1.165, 1.54) is 18.0 Å². The van der Waals surface area contributed by atoms with Gasteiger partial charge >= 0.3 is 0 Å². The lowest BCUT2D eigenvalue weighted by molar-refractivity contribution is 0.0952. The van der Waals surface area contributed by atoms with Crippen LogP contribution in [0.25, 0.3) is 0 Å². The molecule has 26 heavy (non-hydrogen) atoms. The SMILES string of the molecule is CCc1ccc(NC(=O)c2cncc(C(=O)NCCCN(C)C)c2)cc1. The molecule has 2 amide bonds. The molecule has 6 heteroatoms. The molecule has 0 saturated heterocycles. The first kappa shape index (κ1) is 19.6. The van der Waals surface area contributed by atoms with Crippen molar-refractivity contribution in [3.63, 3.8) is 0 Å². The Morgan fingerprint density at radius 3 is 2.31 bits per heavy atom. The smallest absolute Gasteiger partial charge is 0.257 e. The molecule has 1 aromatic heterocycles. The van der Waals surface area contributed by atoms with Crippen molar-refractivity contribution in [3.8, 4) is 0 Å². The van der Waals surface area contributed by atoms with E-state index in [0.29, 0.717) is 23.4 Å². The number of rotatable bonds is 8. The number of nitrogens with one attached hydrogen (secondary N) is 2. The zero-order chi connectivity index (χ0) is 18.9. The summed E-state index contributed by atoms with van der Waals surface area (Å²) in [4.78, 5) is 30.7. The maximum atomic E-state index is 12.4. The van der Waals surface area contributed by atoms with Crippen LogP contribution in [0.15, 0.2) is 42.7 Å². The van der Waals surface area contributed by atoms with Gasteiger partial charge in [0.2, 0.25) is 0 Å². The van der Waals surface area contributed by atoms with Gasteiger partial charge in [0.25, 0.3) is 11.8 Å². The number of hydrogen-bond donors (Lipinski definition) is 2. The molecule has 0 aliphatic heterocycles. The number of carbonyl (C=O) groups excluding carboxylic acids is 2. The summed E-state index contributed by atoms with van der Waals surface area (Å²) in [5.74, 6) is -0.512. The van der Waals surface area contributed by atoms with Crippen LogP contribution in [0.2, 0.25) is 0 Å². The molecule has 1 heterocycles. The third kappa shape index (κ3) is 5.97. The molecular formula is C20H26N4O2. The Kier molecular flexibility index (Phi) is 7.29. The number of carbonyl (C=O) groups is 2. The standard InChI is InChI=1S/C20H26N4O2/c1-4-15-6-8-18(9-7-15)23-20(26)17-12-16(13-21-14-17)19(25)22-10-5-11-24(2)3/h6-9,12-14H,4-5,10-11H2,1-3H3,(H,22,25)(H,23,26). The lowest BCUT2D eigenvalue weighted by Crippen LogP contribution is -2.27. The van der Waals surface area contributed by atoms with Crippen LogP contribution in [-0.4, -0.2) is 48.9 Å². The fraction of sp³-hybridized carbons (Fsp3) is 0.350. The number of amides is 2. The van der Waals surface area contributed by atoms with E-state index in [9.17, 15) is 9.59 Å². The van der Waals surface area contributed by atoms with Gasteiger partial charge in [-0.15, -0.1) is 0 Å². The van der Waals surface area contributed by atoms with Crippen molar-refractivity contribution in [2.45, 2.75) is 19.8 Å². The fourth-order valence-corrected chi connectivity index (χ4v) is 2.41. The molecule has 138 valence electrons. The highest BCUT2D eigenvalue weighted by atomic mass is 16.2. The highest BCUT2D eigenvalue weighted by molar-refractivity contribution is 6.05. The highest BCUT2D eigenvalue weighted by Gasteiger charge is 2.11. The minimum atomic E-state index is -0.288. The van der Waals surface area contributed by atoms with Crippen LogP contribution in [0.3, 0.4) is 0 Å². The van der Waals surface area contributed by atoms with Gasteiger partial charge in [0.05, 0.1) is 11.1 Å². The van der Waals surface area contributed by atoms with E-state index < -0.39 is 0 Å². The Labute approximate surface area is 154 Å². The van der Waals surface area contributed by atoms with Crippen LogP contribution in [0, 0.1) is 0 Å². The largest absolute Gasteiger partial charge is 0.352 e. The lowest BCUT2D eigenvalue weighted by atomic mass is 10.1. The molecular weight excluding hydrogens is 328 g/mol. The molecule has 6 nitrogen and oxygen atoms in total. The van der Waals surface area contributed by atoms with Crippen molar-refractivity contribution >= 4 is 17.5 Å². The minimum Gasteiger partial charge on any atom is -0.352 e. The molecule has 0 bridgehead atoms. The third-order valence-corrected chi connectivity index (χ3v) is 3.95. The molecule has 0 spiro atoms. The van der Waals surface area contributed by atoms with Gasteiger partial charge in [-0.1, -0.05) is 19.1 Å². The van der Waals surface area contributed by atoms with Crippen molar-refractivity contribution in [3.05, 3.63) is 59.4 Å². The predicted molar refractivity (Wildman–Crippen MR) is 104 cm³/mol. The number of pyridine rings is 1. The third-order valence-electron chi connectivity index (χ3n) is 3.95. The van der Waals surface area contributed by atoms with Gasteiger partial charge in [0.15, 0.2) is 0 Å². The van der Waals surface area contributed by atoms with Gasteiger partial charge in [-0.2, -0.15) is 0 Å². The zero-order valence-electron chi connectivity index (χ0n) is 15.6. The summed E-state index contributed by atoms with van der Waals surface area (Å²) in [6, 6.07) is 9.25. The van der Waals surface area contributed by atoms with Crippen LogP contribution in [-0.2, 0) is 6.42 Å². The van der Waals surface area contributed by atoms with Gasteiger partial charge in [0, 0.05) is 24.6 Å². The first-order chi connectivity index (χ1) is 12.5. The Bertz CT molecular complexity index is 742. The van der Waals surface area contributed by atoms with Crippen molar-refractivity contribution < 1.29 is 9.59 Å². The van der Waals surface area contributed by atoms with Gasteiger partial charge in [0.1, 0.15) is 0 Å². The van der Waals surface area contributed by atoms with Crippen LogP contribution in [0.1, 0.15) is 39.6 Å². The van der Waals surface area contributed by atoms with E-state index in [1.54, 1.807) is 6.07 Å². The molecule has 2 N–H and O–H groups in total. The van der Waals surface area contributed by atoms with Gasteiger partial charge < -0.3 is 15.5 Å². The molecule has 0 aliphatic carbocycles. The summed E-state index contributed by atoms with van der Waals surface area (Å²) < 4.78 is 0. The van der Waals surface area contributed by atoms with Crippen LogP contribution in [0.5, 0.6) is 0 Å². The Balaban J connectivity index is 1.96. The summed E-state index contributed by atoms with van der Waals surface area (Å²) >= 11 is 0. The van der Waals surface area contributed by atoms with E-state index in [4.69, 9.17) is 0 Å². The topological polar surface area (TPSA) is 74.3 Å². The van der Waals surface area contributed by atoms with Crippen LogP contribution in [0.4, 0.5) is 5.69 Å². The van der Waals surface area contributed by atoms with Crippen molar-refractivity contribution in [2.24, 2.45) is 0 Å².